The number of aryl methyl sites for hydroxylation is 1. The maximum absolute atomic E-state index is 12.0. The van der Waals surface area contributed by atoms with Crippen molar-refractivity contribution >= 4 is 23.2 Å². The van der Waals surface area contributed by atoms with Crippen molar-refractivity contribution in [2.24, 2.45) is 0 Å². The molecule has 5 heteroatoms. The van der Waals surface area contributed by atoms with Gasteiger partial charge >= 0.3 is 0 Å². The summed E-state index contributed by atoms with van der Waals surface area (Å²) in [5.74, 6) is -1.20. The molecule has 0 unspecified atom stereocenters. The highest BCUT2D eigenvalue weighted by molar-refractivity contribution is 6.34. The summed E-state index contributed by atoms with van der Waals surface area (Å²) in [6.45, 7) is 1.86. The summed E-state index contributed by atoms with van der Waals surface area (Å²) in [6, 6.07) is 9.28. The second-order valence-corrected chi connectivity index (χ2v) is 4.52. The van der Waals surface area contributed by atoms with Gasteiger partial charge in [0.05, 0.1) is 10.7 Å². The maximum Gasteiger partial charge on any atom is 0.263 e. The van der Waals surface area contributed by atoms with Crippen molar-refractivity contribution in [3.05, 3.63) is 52.5 Å². The van der Waals surface area contributed by atoms with Gasteiger partial charge in [0.25, 0.3) is 5.91 Å². The number of benzene rings is 2. The minimum absolute atomic E-state index is 0.180. The third-order valence-electron chi connectivity index (χ3n) is 2.62. The Hall–Kier alpha value is -2.20. The van der Waals surface area contributed by atoms with E-state index in [0.717, 1.165) is 5.56 Å². The molecule has 0 atom stereocenters. The lowest BCUT2D eigenvalue weighted by molar-refractivity contribution is 0.102. The summed E-state index contributed by atoms with van der Waals surface area (Å²) < 4.78 is 0. The van der Waals surface area contributed by atoms with E-state index in [0.29, 0.717) is 10.7 Å². The molecule has 0 bridgehead atoms. The maximum atomic E-state index is 12.0. The lowest BCUT2D eigenvalue weighted by Crippen LogP contribution is -2.12. The molecule has 2 aromatic rings. The first kappa shape index (κ1) is 13.2. The molecule has 98 valence electrons. The van der Waals surface area contributed by atoms with Crippen molar-refractivity contribution in [1.82, 2.24) is 0 Å². The van der Waals surface area contributed by atoms with Crippen molar-refractivity contribution in [2.75, 3.05) is 5.32 Å². The Balaban J connectivity index is 2.34. The van der Waals surface area contributed by atoms with E-state index in [4.69, 9.17) is 11.6 Å². The van der Waals surface area contributed by atoms with E-state index in [1.165, 1.54) is 18.2 Å². The van der Waals surface area contributed by atoms with E-state index < -0.39 is 5.91 Å². The minimum atomic E-state index is -0.622. The van der Waals surface area contributed by atoms with Gasteiger partial charge < -0.3 is 15.5 Å². The van der Waals surface area contributed by atoms with E-state index in [9.17, 15) is 15.0 Å². The molecule has 0 spiro atoms. The fourth-order valence-corrected chi connectivity index (χ4v) is 1.85. The van der Waals surface area contributed by atoms with Crippen molar-refractivity contribution < 1.29 is 15.0 Å². The number of nitrogens with one attached hydrogen (secondary N) is 1. The number of phenols is 2. The molecule has 0 aromatic heterocycles. The molecular formula is C14H12ClNO3. The number of amides is 1. The smallest absolute Gasteiger partial charge is 0.263 e. The van der Waals surface area contributed by atoms with E-state index in [1.807, 2.05) is 13.0 Å². The van der Waals surface area contributed by atoms with Crippen molar-refractivity contribution in [3.63, 3.8) is 0 Å². The molecule has 4 nitrogen and oxygen atoms in total. The normalized spacial score (nSPS) is 10.2. The van der Waals surface area contributed by atoms with Gasteiger partial charge in [0.15, 0.2) is 0 Å². The Labute approximate surface area is 115 Å². The van der Waals surface area contributed by atoms with Gasteiger partial charge in [-0.05, 0) is 36.8 Å². The van der Waals surface area contributed by atoms with Gasteiger partial charge in [-0.25, -0.2) is 0 Å². The third kappa shape index (κ3) is 2.80. The van der Waals surface area contributed by atoms with E-state index in [-0.39, 0.29) is 17.1 Å². The lowest BCUT2D eigenvalue weighted by Gasteiger charge is -2.10. The fraction of sp³-hybridized carbons (Fsp3) is 0.0714. The molecule has 0 saturated carbocycles. The number of rotatable bonds is 2. The summed E-state index contributed by atoms with van der Waals surface area (Å²) in [4.78, 5) is 12.0. The first-order chi connectivity index (χ1) is 8.99. The monoisotopic (exact) mass is 277 g/mol. The van der Waals surface area contributed by atoms with Crippen LogP contribution < -0.4 is 5.32 Å². The molecule has 2 aromatic carbocycles. The van der Waals surface area contributed by atoms with Crippen LogP contribution in [0.4, 0.5) is 5.69 Å². The number of anilines is 1. The van der Waals surface area contributed by atoms with E-state index in [2.05, 4.69) is 5.32 Å². The summed E-state index contributed by atoms with van der Waals surface area (Å²) in [7, 11) is 0. The Morgan fingerprint density at radius 3 is 2.42 bits per heavy atom. The summed E-state index contributed by atoms with van der Waals surface area (Å²) in [6.07, 6.45) is 0. The number of halogens is 1. The molecule has 1 amide bonds. The lowest BCUT2D eigenvalue weighted by atomic mass is 10.1. The van der Waals surface area contributed by atoms with Crippen molar-refractivity contribution in [3.8, 4) is 11.5 Å². The highest BCUT2D eigenvalue weighted by Crippen LogP contribution is 2.29. The Bertz CT molecular complexity index is 620. The number of hydrogen-bond donors (Lipinski definition) is 3. The zero-order valence-corrected chi connectivity index (χ0v) is 10.9. The number of hydrogen-bond acceptors (Lipinski definition) is 3. The second-order valence-electron chi connectivity index (χ2n) is 4.11. The van der Waals surface area contributed by atoms with Crippen molar-refractivity contribution in [1.29, 1.82) is 0 Å². The van der Waals surface area contributed by atoms with Gasteiger partial charge in [-0.2, -0.15) is 0 Å². The summed E-state index contributed by atoms with van der Waals surface area (Å²) in [5.41, 5.74) is 1.18. The topological polar surface area (TPSA) is 69.6 Å². The van der Waals surface area contributed by atoms with Crippen LogP contribution in [-0.4, -0.2) is 16.1 Å². The van der Waals surface area contributed by atoms with E-state index >= 15 is 0 Å². The first-order valence-corrected chi connectivity index (χ1v) is 5.95. The SMILES string of the molecule is Cc1ccc(Cl)c(NC(=O)c2c(O)cccc2O)c1. The van der Waals surface area contributed by atoms with Crippen molar-refractivity contribution in [2.45, 2.75) is 6.92 Å². The number of aromatic hydroxyl groups is 2. The summed E-state index contributed by atoms with van der Waals surface area (Å²) >= 11 is 5.97. The number of carbonyl (C=O) groups excluding carboxylic acids is 1. The number of carbonyl (C=O) groups is 1. The Morgan fingerprint density at radius 1 is 1.16 bits per heavy atom. The van der Waals surface area contributed by atoms with Crippen LogP contribution in [0.5, 0.6) is 11.5 Å². The van der Waals surface area contributed by atoms with Crippen LogP contribution in [0.25, 0.3) is 0 Å². The standard InChI is InChI=1S/C14H12ClNO3/c1-8-5-6-9(15)10(7-8)16-14(19)13-11(17)3-2-4-12(13)18/h2-7,17-18H,1H3,(H,16,19). The minimum Gasteiger partial charge on any atom is -0.507 e. The predicted molar refractivity (Wildman–Crippen MR) is 73.9 cm³/mol. The van der Waals surface area contributed by atoms with Gasteiger partial charge in [0.1, 0.15) is 17.1 Å². The van der Waals surface area contributed by atoms with E-state index in [1.54, 1.807) is 12.1 Å². The first-order valence-electron chi connectivity index (χ1n) is 5.57. The van der Waals surface area contributed by atoms with Crippen LogP contribution in [0, 0.1) is 6.92 Å². The average molecular weight is 278 g/mol. The third-order valence-corrected chi connectivity index (χ3v) is 2.95. The Kier molecular flexibility index (Phi) is 3.62. The number of phenolic OH excluding ortho intramolecular Hbond substituents is 2. The van der Waals surface area contributed by atoms with Gasteiger partial charge in [0.2, 0.25) is 0 Å². The average Bonchev–Trinajstić information content (AvgIpc) is 2.33. The van der Waals surface area contributed by atoms with Crippen LogP contribution in [0.1, 0.15) is 15.9 Å². The summed E-state index contributed by atoms with van der Waals surface area (Å²) in [5, 5.41) is 22.2. The molecule has 2 rings (SSSR count). The molecule has 0 aliphatic carbocycles. The highest BCUT2D eigenvalue weighted by atomic mass is 35.5. The van der Waals surface area contributed by atoms with Crippen LogP contribution >= 0.6 is 11.6 Å². The zero-order chi connectivity index (χ0) is 14.0. The van der Waals surface area contributed by atoms with Crippen LogP contribution in [0.2, 0.25) is 5.02 Å². The molecule has 0 radical (unpaired) electrons. The van der Waals surface area contributed by atoms with Gasteiger partial charge in [-0.15, -0.1) is 0 Å². The van der Waals surface area contributed by atoms with Gasteiger partial charge in [0, 0.05) is 0 Å². The quantitative estimate of drug-likeness (QED) is 0.789. The molecule has 0 heterocycles. The Morgan fingerprint density at radius 2 is 1.79 bits per heavy atom. The predicted octanol–water partition coefficient (Wildman–Crippen LogP) is 3.31. The molecule has 0 aliphatic rings. The molecule has 0 aliphatic heterocycles. The second kappa shape index (κ2) is 5.20. The van der Waals surface area contributed by atoms with Gasteiger partial charge in [-0.3, -0.25) is 4.79 Å². The molecule has 0 fully saturated rings. The highest BCUT2D eigenvalue weighted by Gasteiger charge is 2.17. The molecular weight excluding hydrogens is 266 g/mol. The molecule has 0 saturated heterocycles. The van der Waals surface area contributed by atoms with Crippen LogP contribution in [0.3, 0.4) is 0 Å². The zero-order valence-electron chi connectivity index (χ0n) is 10.1. The molecule has 19 heavy (non-hydrogen) atoms. The fourth-order valence-electron chi connectivity index (χ4n) is 1.68. The van der Waals surface area contributed by atoms with Crippen LogP contribution in [0.15, 0.2) is 36.4 Å². The molecule has 3 N–H and O–H groups in total. The van der Waals surface area contributed by atoms with Gasteiger partial charge in [-0.1, -0.05) is 23.7 Å². The largest absolute Gasteiger partial charge is 0.507 e. The van der Waals surface area contributed by atoms with Crippen LogP contribution in [-0.2, 0) is 0 Å².